The number of halogens is 1. The first-order valence-electron chi connectivity index (χ1n) is 13.9. The largest absolute Gasteiger partial charge is 0.351 e. The van der Waals surface area contributed by atoms with E-state index in [9.17, 15) is 14.0 Å². The lowest BCUT2D eigenvalue weighted by atomic mass is 9.83. The summed E-state index contributed by atoms with van der Waals surface area (Å²) in [6, 6.07) is 19.6. The fourth-order valence-corrected chi connectivity index (χ4v) is 6.04. The Hall–Kier alpha value is -3.32. The summed E-state index contributed by atoms with van der Waals surface area (Å²) in [5, 5.41) is 3.36. The lowest BCUT2D eigenvalue weighted by molar-refractivity contribution is -0.136. The van der Waals surface area contributed by atoms with E-state index in [0.29, 0.717) is 11.3 Å². The lowest BCUT2D eigenvalue weighted by Crippen LogP contribution is -2.64. The molecule has 39 heavy (non-hydrogen) atoms. The first-order chi connectivity index (χ1) is 18.9. The van der Waals surface area contributed by atoms with Crippen molar-refractivity contribution in [2.75, 3.05) is 0 Å². The Balaban J connectivity index is 1.67. The molecule has 1 N–H and O–H groups in total. The van der Waals surface area contributed by atoms with Crippen LogP contribution in [0.4, 0.5) is 4.39 Å². The van der Waals surface area contributed by atoms with Crippen LogP contribution in [0.3, 0.4) is 0 Å². The van der Waals surface area contributed by atoms with Crippen molar-refractivity contribution in [1.82, 2.24) is 14.8 Å². The predicted molar refractivity (Wildman–Crippen MR) is 156 cm³/mol. The highest BCUT2D eigenvalue weighted by molar-refractivity contribution is 7.84. The number of nitrogens with zero attached hydrogens (tertiary/aromatic N) is 2. The summed E-state index contributed by atoms with van der Waals surface area (Å²) in [6.07, 6.45) is 9.07. The second-order valence-corrected chi connectivity index (χ2v) is 11.2. The molecule has 5 rings (SSSR count). The molecule has 2 aromatic carbocycles. The molecule has 3 aromatic rings. The molecule has 0 saturated heterocycles. The second kappa shape index (κ2) is 11.8. The van der Waals surface area contributed by atoms with Gasteiger partial charge in [-0.1, -0.05) is 75.1 Å². The van der Waals surface area contributed by atoms with E-state index in [1.54, 1.807) is 17.0 Å². The third-order valence-corrected chi connectivity index (χ3v) is 8.50. The van der Waals surface area contributed by atoms with Gasteiger partial charge in [0, 0.05) is 18.3 Å². The molecule has 1 saturated carbocycles. The summed E-state index contributed by atoms with van der Waals surface area (Å²) in [7, 11) is 0. The van der Waals surface area contributed by atoms with Crippen LogP contribution in [0.1, 0.15) is 79.2 Å². The van der Waals surface area contributed by atoms with Crippen molar-refractivity contribution in [3.8, 4) is 0 Å². The first-order valence-corrected chi connectivity index (χ1v) is 14.4. The van der Waals surface area contributed by atoms with Crippen LogP contribution in [-0.4, -0.2) is 27.3 Å². The number of rotatable bonds is 7. The van der Waals surface area contributed by atoms with E-state index in [0.717, 1.165) is 48.3 Å². The molecule has 1 aliphatic heterocycles. The number of nitrogens with one attached hydrogen (secondary N) is 1. The molecule has 1 aliphatic carbocycles. The molecule has 2 heterocycles. The van der Waals surface area contributed by atoms with Gasteiger partial charge in [-0.25, -0.2) is 4.39 Å². The third kappa shape index (κ3) is 5.55. The van der Waals surface area contributed by atoms with Gasteiger partial charge in [0.05, 0.1) is 6.54 Å². The Kier molecular flexibility index (Phi) is 8.26. The SMILES string of the molecule is CC/C(S)=C/c1ccc2n1CC(C(=O)NC1CCCCCC1)(c1ccccc1)N(Cc1cccc(F)c1)C2=O. The van der Waals surface area contributed by atoms with Gasteiger partial charge < -0.3 is 14.8 Å². The average molecular weight is 546 g/mol. The zero-order valence-electron chi connectivity index (χ0n) is 22.4. The summed E-state index contributed by atoms with van der Waals surface area (Å²) >= 11 is 4.59. The van der Waals surface area contributed by atoms with Crippen LogP contribution in [0.15, 0.2) is 71.6 Å². The number of fused-ring (bicyclic) bond motifs is 1. The van der Waals surface area contributed by atoms with Gasteiger partial charge in [0.1, 0.15) is 11.5 Å². The number of allylic oxidation sites excluding steroid dienone is 1. The lowest BCUT2D eigenvalue weighted by Gasteiger charge is -2.47. The Bertz CT molecular complexity index is 1360. The van der Waals surface area contributed by atoms with Crippen LogP contribution in [0.25, 0.3) is 6.08 Å². The van der Waals surface area contributed by atoms with E-state index in [1.165, 1.54) is 25.0 Å². The molecule has 1 aromatic heterocycles. The number of hydrogen-bond donors (Lipinski definition) is 2. The van der Waals surface area contributed by atoms with Crippen LogP contribution < -0.4 is 5.32 Å². The molecule has 5 nitrogen and oxygen atoms in total. The molecule has 1 fully saturated rings. The second-order valence-electron chi connectivity index (χ2n) is 10.6. The van der Waals surface area contributed by atoms with E-state index in [1.807, 2.05) is 60.0 Å². The number of carbonyl (C=O) groups is 2. The van der Waals surface area contributed by atoms with Crippen LogP contribution in [0, 0.1) is 5.82 Å². The average Bonchev–Trinajstić information content (AvgIpc) is 3.15. The van der Waals surface area contributed by atoms with E-state index in [4.69, 9.17) is 0 Å². The number of aromatic nitrogens is 1. The normalized spacial score (nSPS) is 20.4. The van der Waals surface area contributed by atoms with Gasteiger partial charge in [-0.2, -0.15) is 0 Å². The van der Waals surface area contributed by atoms with Gasteiger partial charge in [0.15, 0.2) is 5.54 Å². The summed E-state index contributed by atoms with van der Waals surface area (Å²) in [5.74, 6) is -0.828. The number of benzene rings is 2. The Morgan fingerprint density at radius 2 is 1.79 bits per heavy atom. The topological polar surface area (TPSA) is 54.3 Å². The molecule has 2 amide bonds. The molecule has 1 unspecified atom stereocenters. The first kappa shape index (κ1) is 27.3. The Labute approximate surface area is 235 Å². The van der Waals surface area contributed by atoms with Crippen LogP contribution in [-0.2, 0) is 23.4 Å². The van der Waals surface area contributed by atoms with Gasteiger partial charge in [-0.15, -0.1) is 12.6 Å². The predicted octanol–water partition coefficient (Wildman–Crippen LogP) is 6.70. The van der Waals surface area contributed by atoms with Crippen molar-refractivity contribution in [2.45, 2.75) is 76.5 Å². The van der Waals surface area contributed by atoms with Crippen molar-refractivity contribution >= 4 is 30.5 Å². The van der Waals surface area contributed by atoms with E-state index < -0.39 is 5.54 Å². The Morgan fingerprint density at radius 1 is 1.05 bits per heavy atom. The molecule has 1 atom stereocenters. The van der Waals surface area contributed by atoms with Gasteiger partial charge >= 0.3 is 0 Å². The standard InChI is InChI=1S/C32H36FN3O2S/c1-2-28(39)20-27-17-18-29-30(37)36(21-23-11-10-14-25(33)19-23)32(22-35(27)29,24-12-6-5-7-13-24)31(38)34-26-15-8-3-4-9-16-26/h5-7,10-14,17-20,26,39H,2-4,8-9,15-16,21-22H2,1H3,(H,34,38)/b28-20-. The zero-order valence-corrected chi connectivity index (χ0v) is 23.3. The summed E-state index contributed by atoms with van der Waals surface area (Å²) in [6.45, 7) is 2.38. The third-order valence-electron chi connectivity index (χ3n) is 8.05. The van der Waals surface area contributed by atoms with Crippen molar-refractivity contribution in [3.05, 3.63) is 100.0 Å². The van der Waals surface area contributed by atoms with Gasteiger partial charge in [0.2, 0.25) is 0 Å². The molecule has 7 heteroatoms. The van der Waals surface area contributed by atoms with Crippen LogP contribution in [0.5, 0.6) is 0 Å². The number of carbonyl (C=O) groups excluding carboxylic acids is 2. The van der Waals surface area contributed by atoms with Crippen molar-refractivity contribution in [2.24, 2.45) is 0 Å². The van der Waals surface area contributed by atoms with Gasteiger partial charge in [-0.05, 0) is 65.6 Å². The fourth-order valence-electron chi connectivity index (χ4n) is 5.91. The zero-order chi connectivity index (χ0) is 27.4. The highest BCUT2D eigenvalue weighted by atomic mass is 32.1. The maximum Gasteiger partial charge on any atom is 0.272 e. The van der Waals surface area contributed by atoms with Crippen LogP contribution in [0.2, 0.25) is 0 Å². The quantitative estimate of drug-likeness (QED) is 0.256. The highest BCUT2D eigenvalue weighted by Crippen LogP contribution is 2.40. The number of amides is 2. The van der Waals surface area contributed by atoms with Crippen molar-refractivity contribution in [1.29, 1.82) is 0 Å². The monoisotopic (exact) mass is 545 g/mol. The molecule has 0 bridgehead atoms. The van der Waals surface area contributed by atoms with Crippen LogP contribution >= 0.6 is 12.6 Å². The Morgan fingerprint density at radius 3 is 2.49 bits per heavy atom. The van der Waals surface area contributed by atoms with E-state index >= 15 is 0 Å². The maximum atomic E-state index is 14.6. The summed E-state index contributed by atoms with van der Waals surface area (Å²) in [5.41, 5.74) is 1.38. The smallest absolute Gasteiger partial charge is 0.272 e. The molecule has 2 aliphatic rings. The molecular weight excluding hydrogens is 509 g/mol. The van der Waals surface area contributed by atoms with Gasteiger partial charge in [-0.3, -0.25) is 9.59 Å². The molecule has 0 spiro atoms. The van der Waals surface area contributed by atoms with E-state index in [-0.39, 0.29) is 36.8 Å². The van der Waals surface area contributed by atoms with E-state index in [2.05, 4.69) is 17.9 Å². The molecule has 204 valence electrons. The number of hydrogen-bond acceptors (Lipinski definition) is 3. The fraction of sp³-hybridized carbons (Fsp3) is 0.375. The summed E-state index contributed by atoms with van der Waals surface area (Å²) < 4.78 is 16.2. The summed E-state index contributed by atoms with van der Waals surface area (Å²) in [4.78, 5) is 31.5. The molecular formula is C32H36FN3O2S. The minimum absolute atomic E-state index is 0.0567. The maximum absolute atomic E-state index is 14.6. The minimum Gasteiger partial charge on any atom is -0.351 e. The molecule has 0 radical (unpaired) electrons. The highest BCUT2D eigenvalue weighted by Gasteiger charge is 2.52. The van der Waals surface area contributed by atoms with Crippen molar-refractivity contribution < 1.29 is 14.0 Å². The van der Waals surface area contributed by atoms with Crippen molar-refractivity contribution in [3.63, 3.8) is 0 Å². The number of thiol groups is 1. The minimum atomic E-state index is -1.32. The van der Waals surface area contributed by atoms with Gasteiger partial charge in [0.25, 0.3) is 11.8 Å².